The summed E-state index contributed by atoms with van der Waals surface area (Å²) in [4.78, 5) is 26.3. The lowest BCUT2D eigenvalue weighted by molar-refractivity contribution is -0.143. The number of aliphatic carboxylic acids is 1. The van der Waals surface area contributed by atoms with Crippen molar-refractivity contribution in [3.05, 3.63) is 21.9 Å². The van der Waals surface area contributed by atoms with Gasteiger partial charge in [0.2, 0.25) is 0 Å². The molecule has 19 heavy (non-hydrogen) atoms. The normalized spacial score (nSPS) is 18.9. The van der Waals surface area contributed by atoms with Crippen LogP contribution < -0.4 is 5.32 Å². The van der Waals surface area contributed by atoms with Gasteiger partial charge in [-0.2, -0.15) is 0 Å². The molecule has 1 unspecified atom stereocenters. The molecular weight excluding hydrogens is 264 g/mol. The van der Waals surface area contributed by atoms with Gasteiger partial charge in [0.25, 0.3) is 0 Å². The van der Waals surface area contributed by atoms with Crippen LogP contribution in [0.5, 0.6) is 0 Å². The van der Waals surface area contributed by atoms with E-state index in [4.69, 9.17) is 5.11 Å². The first-order valence-electron chi connectivity index (χ1n) is 6.21. The number of hydrogen-bond donors (Lipinski definition) is 2. The molecule has 1 aromatic rings. The minimum Gasteiger partial charge on any atom is -0.480 e. The van der Waals surface area contributed by atoms with Crippen LogP contribution >= 0.6 is 11.3 Å². The average molecular weight is 282 g/mol. The zero-order valence-electron chi connectivity index (χ0n) is 11.3. The minimum atomic E-state index is -1.26. The Hall–Kier alpha value is -1.56. The lowest BCUT2D eigenvalue weighted by Gasteiger charge is -2.35. The molecule has 0 aromatic carbocycles. The number of carboxylic acids is 1. The van der Waals surface area contributed by atoms with Crippen molar-refractivity contribution in [3.8, 4) is 0 Å². The van der Waals surface area contributed by atoms with Gasteiger partial charge in [-0.3, -0.25) is 0 Å². The molecule has 5 nitrogen and oxygen atoms in total. The molecule has 1 atom stereocenters. The van der Waals surface area contributed by atoms with Crippen molar-refractivity contribution in [1.82, 2.24) is 10.2 Å². The molecule has 6 heteroatoms. The number of carbonyl (C=O) groups is 2. The van der Waals surface area contributed by atoms with Crippen molar-refractivity contribution < 1.29 is 14.7 Å². The minimum absolute atomic E-state index is 0.0143. The summed E-state index contributed by atoms with van der Waals surface area (Å²) in [6.07, 6.45) is 0.832. The van der Waals surface area contributed by atoms with Crippen LogP contribution in [0.1, 0.15) is 37.3 Å². The molecule has 2 rings (SSSR count). The fourth-order valence-corrected chi connectivity index (χ4v) is 3.14. The Bertz CT molecular complexity index is 510. The number of carboxylic acid groups (broad SMARTS) is 1. The molecule has 1 aromatic heterocycles. The van der Waals surface area contributed by atoms with E-state index >= 15 is 0 Å². The second-order valence-corrected chi connectivity index (χ2v) is 6.28. The zero-order valence-corrected chi connectivity index (χ0v) is 12.1. The van der Waals surface area contributed by atoms with Crippen LogP contribution in [0.15, 0.2) is 11.4 Å². The first-order valence-corrected chi connectivity index (χ1v) is 7.09. The topological polar surface area (TPSA) is 69.6 Å². The van der Waals surface area contributed by atoms with Crippen LogP contribution in [0, 0.1) is 0 Å². The van der Waals surface area contributed by atoms with Gasteiger partial charge in [-0.15, -0.1) is 11.3 Å². The van der Waals surface area contributed by atoms with Crippen LogP contribution in [0.25, 0.3) is 0 Å². The highest BCUT2D eigenvalue weighted by atomic mass is 32.1. The van der Waals surface area contributed by atoms with E-state index in [0.29, 0.717) is 6.54 Å². The average Bonchev–Trinajstić information content (AvgIpc) is 2.77. The summed E-state index contributed by atoms with van der Waals surface area (Å²) >= 11 is 1.71. The Morgan fingerprint density at radius 2 is 2.21 bits per heavy atom. The number of fused-ring (bicyclic) bond motifs is 1. The van der Waals surface area contributed by atoms with Crippen molar-refractivity contribution in [2.45, 2.75) is 38.8 Å². The molecule has 2 N–H and O–H groups in total. The molecular formula is C13H18N2O3S. The third kappa shape index (κ3) is 2.58. The number of amides is 2. The van der Waals surface area contributed by atoms with E-state index in [0.717, 1.165) is 6.42 Å². The standard InChI is InChI=1S/C13H18N2O3S/c1-8-9-5-7-19-10(9)4-6-15(8)12(18)14-13(2,3)11(16)17/h5,7-8H,4,6H2,1-3H3,(H,14,18)(H,16,17). The maximum atomic E-state index is 12.2. The fourth-order valence-electron chi connectivity index (χ4n) is 2.18. The van der Waals surface area contributed by atoms with Crippen molar-refractivity contribution >= 4 is 23.3 Å². The molecule has 0 spiro atoms. The highest BCUT2D eigenvalue weighted by Gasteiger charge is 2.34. The highest BCUT2D eigenvalue weighted by molar-refractivity contribution is 7.10. The number of nitrogens with zero attached hydrogens (tertiary/aromatic N) is 1. The van der Waals surface area contributed by atoms with Crippen molar-refractivity contribution in [2.24, 2.45) is 0 Å². The molecule has 2 amide bonds. The predicted molar refractivity (Wildman–Crippen MR) is 73.4 cm³/mol. The molecule has 0 aliphatic carbocycles. The summed E-state index contributed by atoms with van der Waals surface area (Å²) in [6, 6.07) is 1.70. The Morgan fingerprint density at radius 1 is 1.53 bits per heavy atom. The van der Waals surface area contributed by atoms with Gasteiger partial charge in [-0.1, -0.05) is 0 Å². The lowest BCUT2D eigenvalue weighted by Crippen LogP contribution is -2.55. The molecule has 2 heterocycles. The summed E-state index contributed by atoms with van der Waals surface area (Å²) in [5.41, 5.74) is -0.0920. The second kappa shape index (κ2) is 4.85. The van der Waals surface area contributed by atoms with E-state index in [1.54, 1.807) is 16.2 Å². The first-order chi connectivity index (χ1) is 8.83. The monoisotopic (exact) mass is 282 g/mol. The van der Waals surface area contributed by atoms with E-state index in [1.807, 2.05) is 18.4 Å². The van der Waals surface area contributed by atoms with Gasteiger partial charge < -0.3 is 15.3 Å². The molecule has 0 bridgehead atoms. The SMILES string of the molecule is CC1c2ccsc2CCN1C(=O)NC(C)(C)C(=O)O. The summed E-state index contributed by atoms with van der Waals surface area (Å²) in [7, 11) is 0. The molecule has 0 saturated carbocycles. The van der Waals surface area contributed by atoms with E-state index in [1.165, 1.54) is 24.3 Å². The van der Waals surface area contributed by atoms with E-state index in [9.17, 15) is 9.59 Å². The van der Waals surface area contributed by atoms with Gasteiger partial charge in [0.15, 0.2) is 0 Å². The summed E-state index contributed by atoms with van der Waals surface area (Å²) in [5.74, 6) is -1.04. The Morgan fingerprint density at radius 3 is 2.84 bits per heavy atom. The smallest absolute Gasteiger partial charge is 0.328 e. The number of hydrogen-bond acceptors (Lipinski definition) is 3. The van der Waals surface area contributed by atoms with Crippen molar-refractivity contribution in [1.29, 1.82) is 0 Å². The van der Waals surface area contributed by atoms with E-state index in [-0.39, 0.29) is 12.1 Å². The molecule has 0 saturated heterocycles. The molecule has 0 radical (unpaired) electrons. The molecule has 104 valence electrons. The summed E-state index contributed by atoms with van der Waals surface area (Å²) in [5, 5.41) is 13.6. The lowest BCUT2D eigenvalue weighted by atomic mass is 10.0. The number of nitrogens with one attached hydrogen (secondary N) is 1. The Balaban J connectivity index is 2.12. The summed E-state index contributed by atoms with van der Waals surface area (Å²) < 4.78 is 0. The van der Waals surface area contributed by atoms with E-state index in [2.05, 4.69) is 5.32 Å². The molecule has 1 aliphatic rings. The van der Waals surface area contributed by atoms with E-state index < -0.39 is 11.5 Å². The van der Waals surface area contributed by atoms with Crippen molar-refractivity contribution in [3.63, 3.8) is 0 Å². The maximum absolute atomic E-state index is 12.2. The largest absolute Gasteiger partial charge is 0.480 e. The number of thiophene rings is 1. The second-order valence-electron chi connectivity index (χ2n) is 5.28. The third-order valence-corrected chi connectivity index (χ3v) is 4.49. The van der Waals surface area contributed by atoms with Gasteiger partial charge in [0.1, 0.15) is 5.54 Å². The van der Waals surface area contributed by atoms with Gasteiger partial charge >= 0.3 is 12.0 Å². The van der Waals surface area contributed by atoms with Crippen LogP contribution in [0.2, 0.25) is 0 Å². The van der Waals surface area contributed by atoms with Gasteiger partial charge in [-0.05, 0) is 44.2 Å². The maximum Gasteiger partial charge on any atom is 0.328 e. The molecule has 0 fully saturated rings. The predicted octanol–water partition coefficient (Wildman–Crippen LogP) is 2.24. The highest BCUT2D eigenvalue weighted by Crippen LogP contribution is 2.32. The first kappa shape index (κ1) is 13.9. The number of rotatable bonds is 2. The number of carbonyl (C=O) groups excluding carboxylic acids is 1. The summed E-state index contributed by atoms with van der Waals surface area (Å²) in [6.45, 7) is 5.56. The molecule has 1 aliphatic heterocycles. The Labute approximate surface area is 116 Å². The zero-order chi connectivity index (χ0) is 14.2. The van der Waals surface area contributed by atoms with Gasteiger partial charge in [0.05, 0.1) is 6.04 Å². The quantitative estimate of drug-likeness (QED) is 0.874. The fraction of sp³-hybridized carbons (Fsp3) is 0.538. The van der Waals surface area contributed by atoms with Gasteiger partial charge in [-0.25, -0.2) is 9.59 Å². The van der Waals surface area contributed by atoms with Crippen LogP contribution in [0.4, 0.5) is 4.79 Å². The van der Waals surface area contributed by atoms with Gasteiger partial charge in [0, 0.05) is 11.4 Å². The number of urea groups is 1. The third-order valence-electron chi connectivity index (χ3n) is 3.49. The van der Waals surface area contributed by atoms with Crippen LogP contribution in [-0.2, 0) is 11.2 Å². The van der Waals surface area contributed by atoms with Crippen molar-refractivity contribution in [2.75, 3.05) is 6.54 Å². The van der Waals surface area contributed by atoms with Crippen LogP contribution in [-0.4, -0.2) is 34.1 Å². The Kier molecular flexibility index (Phi) is 3.54. The van der Waals surface area contributed by atoms with Crippen LogP contribution in [0.3, 0.4) is 0 Å².